The average molecular weight is 747 g/mol. The molecule has 0 bridgehead atoms. The summed E-state index contributed by atoms with van der Waals surface area (Å²) in [7, 11) is 0. The fraction of sp³-hybridized carbons (Fsp3) is 0.302. The maximum atomic E-state index is 9.28. The Morgan fingerprint density at radius 1 is 0.679 bits per heavy atom. The van der Waals surface area contributed by atoms with Gasteiger partial charge in [0.25, 0.3) is 0 Å². The quantitative estimate of drug-likeness (QED) is 0.0885. The Morgan fingerprint density at radius 2 is 1.36 bits per heavy atom. The number of rotatable bonds is 9. The van der Waals surface area contributed by atoms with Gasteiger partial charge in [0.2, 0.25) is 0 Å². The van der Waals surface area contributed by atoms with Gasteiger partial charge >= 0.3 is 0 Å². The molecule has 8 aromatic rings. The number of aliphatic hydroxyl groups is 1. The summed E-state index contributed by atoms with van der Waals surface area (Å²) in [6, 6.07) is 24.9. The van der Waals surface area contributed by atoms with E-state index in [1.807, 2.05) is 30.5 Å². The summed E-state index contributed by atoms with van der Waals surface area (Å²) in [4.78, 5) is 36.7. The number of aliphatic hydroxyl groups excluding tert-OH is 1. The largest absolute Gasteiger partial charge is 0.390 e. The number of aromatic nitrogens is 8. The van der Waals surface area contributed by atoms with Crippen LogP contribution in [0.1, 0.15) is 60.5 Å². The first kappa shape index (κ1) is 35.5. The molecule has 0 spiro atoms. The minimum Gasteiger partial charge on any atom is -0.390 e. The van der Waals surface area contributed by atoms with Crippen molar-refractivity contribution < 1.29 is 5.11 Å². The highest BCUT2D eigenvalue weighted by Gasteiger charge is 2.17. The first-order chi connectivity index (χ1) is 27.6. The predicted octanol–water partition coefficient (Wildman–Crippen LogP) is 7.19. The molecular weight excluding hydrogens is 701 g/mol. The molecule has 0 saturated carbocycles. The van der Waals surface area contributed by atoms with E-state index in [9.17, 15) is 5.11 Å². The first-order valence-corrected chi connectivity index (χ1v) is 19.6. The van der Waals surface area contributed by atoms with Crippen molar-refractivity contribution >= 4 is 61.6 Å². The minimum atomic E-state index is 0.0152. The molecule has 2 aliphatic rings. The summed E-state index contributed by atoms with van der Waals surface area (Å²) in [5.74, 6) is 2.97. The maximum Gasteiger partial charge on any atom is 0.182 e. The van der Waals surface area contributed by atoms with Gasteiger partial charge in [-0.3, -0.25) is 0 Å². The number of hydrogen-bond donors (Lipinski definition) is 6. The highest BCUT2D eigenvalue weighted by Crippen LogP contribution is 2.26. The molecule has 6 aromatic heterocycles. The van der Waals surface area contributed by atoms with Crippen molar-refractivity contribution in [3.05, 3.63) is 114 Å². The second kappa shape index (κ2) is 16.3. The molecule has 2 saturated heterocycles. The van der Waals surface area contributed by atoms with Crippen molar-refractivity contribution in [1.29, 1.82) is 0 Å². The van der Waals surface area contributed by atoms with Crippen LogP contribution in [0.5, 0.6) is 0 Å². The third-order valence-corrected chi connectivity index (χ3v) is 10.7. The molecule has 0 atom stereocenters. The van der Waals surface area contributed by atoms with E-state index in [1.54, 1.807) is 12.4 Å². The van der Waals surface area contributed by atoms with E-state index in [0.29, 0.717) is 30.5 Å². The third kappa shape index (κ3) is 8.09. The van der Waals surface area contributed by atoms with Gasteiger partial charge in [-0.2, -0.15) is 0 Å². The number of H-pyrrole nitrogens is 2. The van der Waals surface area contributed by atoms with Gasteiger partial charge in [0.15, 0.2) is 11.3 Å². The molecule has 56 heavy (non-hydrogen) atoms. The number of fused-ring (bicyclic) bond motifs is 4. The summed E-state index contributed by atoms with van der Waals surface area (Å²) in [6.45, 7) is 5.58. The van der Waals surface area contributed by atoms with Crippen molar-refractivity contribution in [2.24, 2.45) is 0 Å². The molecule has 13 nitrogen and oxygen atoms in total. The van der Waals surface area contributed by atoms with Gasteiger partial charge in [0.05, 0.1) is 19.0 Å². The Bertz CT molecular complexity index is 2590. The van der Waals surface area contributed by atoms with Gasteiger partial charge < -0.3 is 35.9 Å². The van der Waals surface area contributed by atoms with Crippen LogP contribution in [0.2, 0.25) is 0 Å². The number of aromatic amines is 2. The van der Waals surface area contributed by atoms with Crippen LogP contribution in [0.15, 0.2) is 91.4 Å². The number of pyridine rings is 2. The Hall–Kier alpha value is -6.18. The van der Waals surface area contributed by atoms with Crippen LogP contribution in [0, 0.1) is 0 Å². The number of hydrogen-bond acceptors (Lipinski definition) is 11. The summed E-state index contributed by atoms with van der Waals surface area (Å²) >= 11 is 0. The third-order valence-electron chi connectivity index (χ3n) is 10.7. The predicted molar refractivity (Wildman–Crippen MR) is 223 cm³/mol. The van der Waals surface area contributed by atoms with E-state index in [2.05, 4.69) is 99.3 Å². The van der Waals surface area contributed by atoms with Gasteiger partial charge in [-0.15, -0.1) is 0 Å². The van der Waals surface area contributed by atoms with Crippen molar-refractivity contribution in [2.75, 3.05) is 41.7 Å². The van der Waals surface area contributed by atoms with E-state index in [1.165, 1.54) is 30.2 Å². The van der Waals surface area contributed by atoms with Crippen molar-refractivity contribution in [3.63, 3.8) is 0 Å². The molecule has 2 aliphatic heterocycles. The number of piperidine rings is 2. The lowest BCUT2D eigenvalue weighted by molar-refractivity contribution is 0.278. The first-order valence-electron chi connectivity index (χ1n) is 19.6. The molecule has 2 aromatic carbocycles. The minimum absolute atomic E-state index is 0.0152. The van der Waals surface area contributed by atoms with Gasteiger partial charge in [0, 0.05) is 60.7 Å². The standard InChI is InChI=1S/C22H24N6O.C21H22N6/c29-14-17-11-16-5-4-15(10-19(16)25-17)12-24-20-13-23-18-6-7-21(27-22(18)26-20)28-8-2-1-3-9-28;1-2-15-7-10-23-19(15)11-14(1)12-25-20-13-24-18-4-3-17(26-21(18)27-20)16-5-8-22-9-6-16/h4-7,10-11,13,25,29H,1-3,8-9,12,14H2,(H,24,26,27);1-4,7,10-11,13,16,22-23H,5-6,8-9,12H2,(H,25,26,27). The number of anilines is 3. The molecular formula is C43H46N12O. The molecule has 0 unspecified atom stereocenters. The SMILES string of the molecule is OCc1cc2ccc(CNc3cnc4ccc(N5CCCCC5)nc4n3)cc2[nH]1.c1cc2ccc(CNc3cnc4ccc(C5CCNCC5)nc4n3)cc2[nH]1. The lowest BCUT2D eigenvalue weighted by atomic mass is 9.94. The van der Waals surface area contributed by atoms with Crippen LogP contribution >= 0.6 is 0 Å². The average Bonchev–Trinajstić information content (AvgIpc) is 3.92. The second-order valence-electron chi connectivity index (χ2n) is 14.7. The zero-order chi connectivity index (χ0) is 37.7. The molecule has 8 heterocycles. The van der Waals surface area contributed by atoms with E-state index >= 15 is 0 Å². The van der Waals surface area contributed by atoms with Gasteiger partial charge in [0.1, 0.15) is 28.5 Å². The second-order valence-corrected chi connectivity index (χ2v) is 14.7. The fourth-order valence-corrected chi connectivity index (χ4v) is 7.63. The molecule has 0 amide bonds. The Kier molecular flexibility index (Phi) is 10.3. The van der Waals surface area contributed by atoms with Crippen molar-refractivity contribution in [2.45, 2.75) is 57.7 Å². The van der Waals surface area contributed by atoms with Crippen LogP contribution in [0.4, 0.5) is 17.5 Å². The van der Waals surface area contributed by atoms with Crippen molar-refractivity contribution in [3.8, 4) is 0 Å². The monoisotopic (exact) mass is 746 g/mol. The molecule has 2 fully saturated rings. The van der Waals surface area contributed by atoms with Gasteiger partial charge in [-0.25, -0.2) is 29.9 Å². The van der Waals surface area contributed by atoms with Crippen LogP contribution in [-0.2, 0) is 19.7 Å². The van der Waals surface area contributed by atoms with Crippen LogP contribution in [0.25, 0.3) is 44.1 Å². The normalized spacial score (nSPS) is 15.0. The Morgan fingerprint density at radius 3 is 2.09 bits per heavy atom. The number of nitrogens with one attached hydrogen (secondary N) is 5. The summed E-state index contributed by atoms with van der Waals surface area (Å²) in [5, 5.41) is 21.7. The number of benzene rings is 2. The zero-order valence-electron chi connectivity index (χ0n) is 31.3. The molecule has 10 rings (SSSR count). The summed E-state index contributed by atoms with van der Waals surface area (Å²) < 4.78 is 0. The molecule has 13 heteroatoms. The lowest BCUT2D eigenvalue weighted by Crippen LogP contribution is -2.30. The van der Waals surface area contributed by atoms with Crippen LogP contribution in [0.3, 0.4) is 0 Å². The van der Waals surface area contributed by atoms with Gasteiger partial charge in [-0.05, 0) is 116 Å². The highest BCUT2D eigenvalue weighted by molar-refractivity contribution is 5.81. The number of nitrogens with zero attached hydrogens (tertiary/aromatic N) is 7. The van der Waals surface area contributed by atoms with Crippen LogP contribution < -0.4 is 20.9 Å². The topological polar surface area (TPSA) is 168 Å². The van der Waals surface area contributed by atoms with E-state index in [-0.39, 0.29) is 6.61 Å². The summed E-state index contributed by atoms with van der Waals surface area (Å²) in [6.07, 6.45) is 11.5. The van der Waals surface area contributed by atoms with E-state index < -0.39 is 0 Å². The van der Waals surface area contributed by atoms with Gasteiger partial charge in [-0.1, -0.05) is 24.3 Å². The lowest BCUT2D eigenvalue weighted by Gasteiger charge is -2.27. The fourth-order valence-electron chi connectivity index (χ4n) is 7.63. The summed E-state index contributed by atoms with van der Waals surface area (Å²) in [5.41, 5.74) is 9.48. The molecule has 6 N–H and O–H groups in total. The van der Waals surface area contributed by atoms with E-state index in [0.717, 1.165) is 101 Å². The molecule has 284 valence electrons. The molecule has 0 radical (unpaired) electrons. The van der Waals surface area contributed by atoms with E-state index in [4.69, 9.17) is 9.97 Å². The Balaban J connectivity index is 0.000000147. The molecule has 0 aliphatic carbocycles. The van der Waals surface area contributed by atoms with Crippen LogP contribution in [-0.4, -0.2) is 71.2 Å². The maximum absolute atomic E-state index is 9.28. The highest BCUT2D eigenvalue weighted by atomic mass is 16.3. The van der Waals surface area contributed by atoms with Crippen molar-refractivity contribution in [1.82, 2.24) is 45.2 Å². The Labute approximate surface area is 324 Å². The smallest absolute Gasteiger partial charge is 0.182 e. The zero-order valence-corrected chi connectivity index (χ0v) is 31.3.